The van der Waals surface area contributed by atoms with Crippen molar-refractivity contribution in [3.05, 3.63) is 40.3 Å². The number of aromatic amines is 1. The summed E-state index contributed by atoms with van der Waals surface area (Å²) in [7, 11) is 1.94. The van der Waals surface area contributed by atoms with Crippen LogP contribution in [0.25, 0.3) is 33.3 Å². The predicted molar refractivity (Wildman–Crippen MR) is 97.8 cm³/mol. The van der Waals surface area contributed by atoms with Gasteiger partial charge in [0.25, 0.3) is 0 Å². The molecule has 0 unspecified atom stereocenters. The molecular formula is C18H18ClN5O. The number of nitrogens with zero attached hydrogens (tertiary/aromatic N) is 4. The van der Waals surface area contributed by atoms with E-state index in [-0.39, 0.29) is 0 Å². The Kier molecular flexibility index (Phi) is 3.47. The lowest BCUT2D eigenvalue weighted by molar-refractivity contribution is 0.393. The number of aryl methyl sites for hydroxylation is 4. The van der Waals surface area contributed by atoms with Gasteiger partial charge in [0.2, 0.25) is 5.28 Å². The maximum atomic E-state index is 6.15. The van der Waals surface area contributed by atoms with Gasteiger partial charge in [-0.15, -0.1) is 0 Å². The van der Waals surface area contributed by atoms with Crippen LogP contribution in [-0.4, -0.2) is 24.9 Å². The lowest BCUT2D eigenvalue weighted by Gasteiger charge is -2.08. The molecule has 25 heavy (non-hydrogen) atoms. The second-order valence-corrected chi connectivity index (χ2v) is 6.67. The van der Waals surface area contributed by atoms with Gasteiger partial charge in [-0.1, -0.05) is 5.16 Å². The second kappa shape index (κ2) is 5.46. The molecule has 0 radical (unpaired) electrons. The molecule has 1 N–H and O–H groups in total. The fourth-order valence-electron chi connectivity index (χ4n) is 3.48. The predicted octanol–water partition coefficient (Wildman–Crippen LogP) is 4.51. The van der Waals surface area contributed by atoms with Gasteiger partial charge in [0, 0.05) is 29.4 Å². The Labute approximate surface area is 149 Å². The molecule has 0 spiro atoms. The van der Waals surface area contributed by atoms with E-state index in [4.69, 9.17) is 16.1 Å². The molecule has 0 saturated carbocycles. The summed E-state index contributed by atoms with van der Waals surface area (Å²) in [6.07, 6.45) is 0. The Morgan fingerprint density at radius 3 is 2.44 bits per heavy atom. The molecule has 6 nitrogen and oxygen atoms in total. The monoisotopic (exact) mass is 355 g/mol. The zero-order valence-corrected chi connectivity index (χ0v) is 15.5. The van der Waals surface area contributed by atoms with Crippen LogP contribution in [0.4, 0.5) is 0 Å². The van der Waals surface area contributed by atoms with Crippen LogP contribution in [0.2, 0.25) is 5.28 Å². The van der Waals surface area contributed by atoms with Crippen molar-refractivity contribution >= 4 is 22.6 Å². The Hall–Kier alpha value is -2.60. The van der Waals surface area contributed by atoms with Crippen LogP contribution < -0.4 is 0 Å². The van der Waals surface area contributed by atoms with Crippen molar-refractivity contribution < 1.29 is 4.52 Å². The van der Waals surface area contributed by atoms with Crippen molar-refractivity contribution in [3.63, 3.8) is 0 Å². The molecule has 0 amide bonds. The van der Waals surface area contributed by atoms with Crippen LogP contribution in [0.5, 0.6) is 0 Å². The van der Waals surface area contributed by atoms with Crippen LogP contribution in [0, 0.1) is 27.7 Å². The molecule has 128 valence electrons. The summed E-state index contributed by atoms with van der Waals surface area (Å²) in [5.41, 5.74) is 8.68. The molecule has 4 rings (SSSR count). The molecule has 0 aliphatic rings. The van der Waals surface area contributed by atoms with Crippen molar-refractivity contribution in [1.82, 2.24) is 24.9 Å². The largest absolute Gasteiger partial charge is 0.361 e. The van der Waals surface area contributed by atoms with Crippen LogP contribution >= 0.6 is 11.6 Å². The number of rotatable bonds is 2. The highest BCUT2D eigenvalue weighted by atomic mass is 35.5. The molecule has 0 saturated heterocycles. The number of hydrogen-bond acceptors (Lipinski definition) is 4. The first kappa shape index (κ1) is 15.9. The molecule has 0 aliphatic carbocycles. The van der Waals surface area contributed by atoms with Crippen molar-refractivity contribution in [2.45, 2.75) is 27.7 Å². The van der Waals surface area contributed by atoms with E-state index in [2.05, 4.69) is 33.2 Å². The van der Waals surface area contributed by atoms with Gasteiger partial charge in [-0.2, -0.15) is 5.10 Å². The van der Waals surface area contributed by atoms with E-state index < -0.39 is 0 Å². The fourth-order valence-corrected chi connectivity index (χ4v) is 3.67. The SMILES string of the molecule is Cc1noc(C)c1-c1cc(-c2c(C)nn(C)c2C)c2nc(Cl)[nH]c2c1. The summed E-state index contributed by atoms with van der Waals surface area (Å²) in [5, 5.41) is 8.99. The maximum Gasteiger partial charge on any atom is 0.201 e. The molecule has 3 aromatic heterocycles. The van der Waals surface area contributed by atoms with E-state index in [9.17, 15) is 0 Å². The van der Waals surface area contributed by atoms with E-state index in [1.807, 2.05) is 38.6 Å². The summed E-state index contributed by atoms with van der Waals surface area (Å²) < 4.78 is 7.23. The third-order valence-electron chi connectivity index (χ3n) is 4.66. The molecule has 0 fully saturated rings. The number of fused-ring (bicyclic) bond motifs is 1. The number of hydrogen-bond donors (Lipinski definition) is 1. The van der Waals surface area contributed by atoms with Gasteiger partial charge >= 0.3 is 0 Å². The molecule has 0 aliphatic heterocycles. The molecule has 4 aromatic rings. The normalized spacial score (nSPS) is 11.6. The summed E-state index contributed by atoms with van der Waals surface area (Å²) in [6, 6.07) is 4.15. The Bertz CT molecular complexity index is 1100. The molecule has 3 heterocycles. The van der Waals surface area contributed by atoms with Crippen molar-refractivity contribution in [2.75, 3.05) is 0 Å². The van der Waals surface area contributed by atoms with Crippen LogP contribution in [0.3, 0.4) is 0 Å². The van der Waals surface area contributed by atoms with Gasteiger partial charge < -0.3 is 9.51 Å². The zero-order valence-electron chi connectivity index (χ0n) is 14.7. The standard InChI is InChI=1S/C18H18ClN5O/c1-8-15(10(3)24(5)22-8)13-6-12(16-9(2)23-25-11(16)4)7-14-17(13)21-18(19)20-14/h6-7H,1-5H3,(H,20,21). The van der Waals surface area contributed by atoms with E-state index in [0.717, 1.165) is 56.1 Å². The highest BCUT2D eigenvalue weighted by Crippen LogP contribution is 2.38. The lowest BCUT2D eigenvalue weighted by Crippen LogP contribution is -1.93. The first-order chi connectivity index (χ1) is 11.9. The average molecular weight is 356 g/mol. The van der Waals surface area contributed by atoms with Crippen molar-refractivity contribution in [3.8, 4) is 22.3 Å². The van der Waals surface area contributed by atoms with Crippen LogP contribution in [0.1, 0.15) is 22.8 Å². The minimum atomic E-state index is 0.367. The average Bonchev–Trinajstić information content (AvgIpc) is 3.15. The summed E-state index contributed by atoms with van der Waals surface area (Å²) >= 11 is 6.15. The number of aromatic nitrogens is 5. The Morgan fingerprint density at radius 1 is 1.08 bits per heavy atom. The third kappa shape index (κ3) is 2.36. The maximum absolute atomic E-state index is 6.15. The Balaban J connectivity index is 2.10. The van der Waals surface area contributed by atoms with E-state index in [0.29, 0.717) is 5.28 Å². The minimum Gasteiger partial charge on any atom is -0.361 e. The van der Waals surface area contributed by atoms with Gasteiger partial charge in [0.15, 0.2) is 0 Å². The van der Waals surface area contributed by atoms with Gasteiger partial charge in [-0.3, -0.25) is 4.68 Å². The summed E-state index contributed by atoms with van der Waals surface area (Å²) in [6.45, 7) is 7.92. The van der Waals surface area contributed by atoms with Crippen molar-refractivity contribution in [2.24, 2.45) is 7.05 Å². The number of imidazole rings is 1. The van der Waals surface area contributed by atoms with Gasteiger partial charge in [-0.25, -0.2) is 4.98 Å². The van der Waals surface area contributed by atoms with E-state index in [1.165, 1.54) is 0 Å². The Morgan fingerprint density at radius 2 is 1.84 bits per heavy atom. The fraction of sp³-hybridized carbons (Fsp3) is 0.278. The minimum absolute atomic E-state index is 0.367. The highest BCUT2D eigenvalue weighted by Gasteiger charge is 2.20. The first-order valence-electron chi connectivity index (χ1n) is 8.00. The van der Waals surface area contributed by atoms with E-state index >= 15 is 0 Å². The molecule has 0 atom stereocenters. The first-order valence-corrected chi connectivity index (χ1v) is 8.37. The van der Waals surface area contributed by atoms with Crippen molar-refractivity contribution in [1.29, 1.82) is 0 Å². The number of halogens is 1. The third-order valence-corrected chi connectivity index (χ3v) is 4.84. The van der Waals surface area contributed by atoms with Gasteiger partial charge in [0.1, 0.15) is 5.76 Å². The quantitative estimate of drug-likeness (QED) is 0.574. The lowest BCUT2D eigenvalue weighted by atomic mass is 9.95. The number of benzene rings is 1. The molecule has 7 heteroatoms. The van der Waals surface area contributed by atoms with E-state index in [1.54, 1.807) is 0 Å². The highest BCUT2D eigenvalue weighted by molar-refractivity contribution is 6.29. The summed E-state index contributed by atoms with van der Waals surface area (Å²) in [4.78, 5) is 7.61. The summed E-state index contributed by atoms with van der Waals surface area (Å²) in [5.74, 6) is 0.785. The molecular weight excluding hydrogens is 338 g/mol. The zero-order chi connectivity index (χ0) is 17.9. The number of H-pyrrole nitrogens is 1. The second-order valence-electron chi connectivity index (χ2n) is 6.32. The molecule has 0 bridgehead atoms. The smallest absolute Gasteiger partial charge is 0.201 e. The van der Waals surface area contributed by atoms with Gasteiger partial charge in [0.05, 0.1) is 22.4 Å². The molecule has 1 aromatic carbocycles. The topological polar surface area (TPSA) is 72.5 Å². The van der Waals surface area contributed by atoms with Crippen LogP contribution in [0.15, 0.2) is 16.7 Å². The number of nitrogens with one attached hydrogen (secondary N) is 1. The van der Waals surface area contributed by atoms with Crippen LogP contribution in [-0.2, 0) is 7.05 Å². The van der Waals surface area contributed by atoms with Gasteiger partial charge in [-0.05, 0) is 57.0 Å².